The van der Waals surface area contributed by atoms with Gasteiger partial charge >= 0.3 is 0 Å². The molecular formula is C18H19N3O3S. The highest BCUT2D eigenvalue weighted by Crippen LogP contribution is 2.21. The first-order valence-corrected chi connectivity index (χ1v) is 8.88. The number of rotatable bonds is 8. The van der Waals surface area contributed by atoms with Crippen LogP contribution in [-0.2, 0) is 17.6 Å². The number of nitrogens with zero attached hydrogens (tertiary/aromatic N) is 2. The van der Waals surface area contributed by atoms with Crippen LogP contribution in [-0.4, -0.2) is 29.7 Å². The number of carbonyl (C=O) groups excluding carboxylic acids is 1. The van der Waals surface area contributed by atoms with Crippen LogP contribution in [0.15, 0.2) is 46.3 Å². The smallest absolute Gasteiger partial charge is 0.227 e. The summed E-state index contributed by atoms with van der Waals surface area (Å²) >= 11 is 1.55. The second-order valence-electron chi connectivity index (χ2n) is 5.44. The minimum atomic E-state index is -0.0289. The molecule has 0 saturated heterocycles. The van der Waals surface area contributed by atoms with Crippen molar-refractivity contribution in [3.63, 3.8) is 0 Å². The lowest BCUT2D eigenvalue weighted by molar-refractivity contribution is -0.121. The molecule has 0 aliphatic rings. The molecule has 130 valence electrons. The second-order valence-corrected chi connectivity index (χ2v) is 6.39. The lowest BCUT2D eigenvalue weighted by Crippen LogP contribution is -2.25. The normalized spacial score (nSPS) is 10.6. The number of aryl methyl sites for hydroxylation is 1. The van der Waals surface area contributed by atoms with Crippen LogP contribution in [0.25, 0.3) is 10.7 Å². The first-order chi connectivity index (χ1) is 12.2. The zero-order valence-electron chi connectivity index (χ0n) is 13.9. The summed E-state index contributed by atoms with van der Waals surface area (Å²) in [5, 5.41) is 8.80. The molecule has 1 aromatic carbocycles. The Kier molecular flexibility index (Phi) is 5.79. The van der Waals surface area contributed by atoms with Gasteiger partial charge in [0.15, 0.2) is 0 Å². The third-order valence-corrected chi connectivity index (χ3v) is 4.51. The Hall–Kier alpha value is -2.67. The Balaban J connectivity index is 1.41. The standard InChI is InChI=1S/C18H19N3O3S/c1-23-14-5-2-4-13(12-14)9-10-19-16(22)7-8-17-20-18(21-24-17)15-6-3-11-25-15/h2-6,11-12H,7-10H2,1H3,(H,19,22). The van der Waals surface area contributed by atoms with Gasteiger partial charge in [0.05, 0.1) is 12.0 Å². The van der Waals surface area contributed by atoms with Crippen LogP contribution in [0.5, 0.6) is 5.75 Å². The van der Waals surface area contributed by atoms with Gasteiger partial charge in [-0.1, -0.05) is 23.4 Å². The summed E-state index contributed by atoms with van der Waals surface area (Å²) < 4.78 is 10.4. The van der Waals surface area contributed by atoms with Gasteiger partial charge in [0, 0.05) is 19.4 Å². The fourth-order valence-corrected chi connectivity index (χ4v) is 2.99. The van der Waals surface area contributed by atoms with Gasteiger partial charge in [-0.05, 0) is 35.6 Å². The minimum Gasteiger partial charge on any atom is -0.497 e. The molecule has 25 heavy (non-hydrogen) atoms. The van der Waals surface area contributed by atoms with Crippen molar-refractivity contribution in [3.8, 4) is 16.5 Å². The third kappa shape index (κ3) is 4.90. The van der Waals surface area contributed by atoms with Gasteiger partial charge < -0.3 is 14.6 Å². The van der Waals surface area contributed by atoms with Crippen molar-refractivity contribution in [2.24, 2.45) is 0 Å². The van der Waals surface area contributed by atoms with Crippen LogP contribution in [0.2, 0.25) is 0 Å². The highest BCUT2D eigenvalue weighted by Gasteiger charge is 2.11. The third-order valence-electron chi connectivity index (χ3n) is 3.65. The average Bonchev–Trinajstić information content (AvgIpc) is 3.31. The number of aromatic nitrogens is 2. The molecule has 0 fully saturated rings. The van der Waals surface area contributed by atoms with Crippen molar-refractivity contribution >= 4 is 17.2 Å². The Morgan fingerprint density at radius 2 is 2.20 bits per heavy atom. The van der Waals surface area contributed by atoms with E-state index in [1.807, 2.05) is 41.8 Å². The Morgan fingerprint density at radius 3 is 3.00 bits per heavy atom. The van der Waals surface area contributed by atoms with Crippen molar-refractivity contribution < 1.29 is 14.1 Å². The van der Waals surface area contributed by atoms with E-state index in [0.29, 0.717) is 31.1 Å². The average molecular weight is 357 g/mol. The van der Waals surface area contributed by atoms with E-state index >= 15 is 0 Å². The summed E-state index contributed by atoms with van der Waals surface area (Å²) in [5.74, 6) is 1.84. The van der Waals surface area contributed by atoms with Crippen LogP contribution in [0.1, 0.15) is 17.9 Å². The van der Waals surface area contributed by atoms with E-state index in [1.54, 1.807) is 18.4 Å². The first kappa shape index (κ1) is 17.2. The van der Waals surface area contributed by atoms with E-state index < -0.39 is 0 Å². The monoisotopic (exact) mass is 357 g/mol. The molecule has 1 amide bonds. The molecule has 6 nitrogen and oxygen atoms in total. The lowest BCUT2D eigenvalue weighted by atomic mass is 10.1. The van der Waals surface area contributed by atoms with Crippen LogP contribution < -0.4 is 10.1 Å². The molecule has 7 heteroatoms. The predicted octanol–water partition coefficient (Wildman–Crippen LogP) is 3.10. The number of thiophene rings is 1. The fraction of sp³-hybridized carbons (Fsp3) is 0.278. The lowest BCUT2D eigenvalue weighted by Gasteiger charge is -2.06. The van der Waals surface area contributed by atoms with E-state index in [-0.39, 0.29) is 5.91 Å². The summed E-state index contributed by atoms with van der Waals surface area (Å²) in [6, 6.07) is 11.7. The minimum absolute atomic E-state index is 0.0289. The molecule has 2 aromatic heterocycles. The summed E-state index contributed by atoms with van der Waals surface area (Å²) in [4.78, 5) is 17.2. The quantitative estimate of drug-likeness (QED) is 0.670. The van der Waals surface area contributed by atoms with Crippen molar-refractivity contribution in [2.45, 2.75) is 19.3 Å². The summed E-state index contributed by atoms with van der Waals surface area (Å²) in [7, 11) is 1.64. The molecule has 0 aliphatic heterocycles. The molecule has 1 N–H and O–H groups in total. The van der Waals surface area contributed by atoms with Crippen molar-refractivity contribution in [3.05, 3.63) is 53.2 Å². The van der Waals surface area contributed by atoms with Gasteiger partial charge in [-0.15, -0.1) is 11.3 Å². The van der Waals surface area contributed by atoms with E-state index in [2.05, 4.69) is 15.5 Å². The highest BCUT2D eigenvalue weighted by molar-refractivity contribution is 7.13. The van der Waals surface area contributed by atoms with Gasteiger partial charge in [-0.2, -0.15) is 4.98 Å². The van der Waals surface area contributed by atoms with Gasteiger partial charge in [-0.25, -0.2) is 0 Å². The molecule has 3 aromatic rings. The molecule has 0 radical (unpaired) electrons. The van der Waals surface area contributed by atoms with Crippen molar-refractivity contribution in [2.75, 3.05) is 13.7 Å². The summed E-state index contributed by atoms with van der Waals surface area (Å²) in [5.41, 5.74) is 1.12. The SMILES string of the molecule is COc1cccc(CCNC(=O)CCc2nc(-c3cccs3)no2)c1. The van der Waals surface area contributed by atoms with Gasteiger partial charge in [0.1, 0.15) is 5.75 Å². The maximum Gasteiger partial charge on any atom is 0.227 e. The van der Waals surface area contributed by atoms with Crippen LogP contribution in [0.3, 0.4) is 0 Å². The molecule has 3 rings (SSSR count). The molecule has 0 aliphatic carbocycles. The van der Waals surface area contributed by atoms with E-state index in [0.717, 1.165) is 22.6 Å². The Morgan fingerprint density at radius 1 is 1.28 bits per heavy atom. The predicted molar refractivity (Wildman–Crippen MR) is 95.6 cm³/mol. The zero-order chi connectivity index (χ0) is 17.5. The van der Waals surface area contributed by atoms with Crippen LogP contribution in [0.4, 0.5) is 0 Å². The molecular weight excluding hydrogens is 338 g/mol. The molecule has 0 saturated carbocycles. The highest BCUT2D eigenvalue weighted by atomic mass is 32.1. The zero-order valence-corrected chi connectivity index (χ0v) is 14.7. The Labute approximate surface area is 149 Å². The maximum absolute atomic E-state index is 11.9. The largest absolute Gasteiger partial charge is 0.497 e. The molecule has 2 heterocycles. The number of hydrogen-bond acceptors (Lipinski definition) is 6. The molecule has 0 bridgehead atoms. The fourth-order valence-electron chi connectivity index (χ4n) is 2.35. The number of nitrogens with one attached hydrogen (secondary N) is 1. The van der Waals surface area contributed by atoms with E-state index in [1.165, 1.54) is 0 Å². The summed E-state index contributed by atoms with van der Waals surface area (Å²) in [6.07, 6.45) is 1.51. The van der Waals surface area contributed by atoms with E-state index in [9.17, 15) is 4.79 Å². The first-order valence-electron chi connectivity index (χ1n) is 8.00. The number of ether oxygens (including phenoxy) is 1. The van der Waals surface area contributed by atoms with Crippen LogP contribution in [0, 0.1) is 0 Å². The van der Waals surface area contributed by atoms with Crippen LogP contribution >= 0.6 is 11.3 Å². The number of methoxy groups -OCH3 is 1. The number of carbonyl (C=O) groups is 1. The van der Waals surface area contributed by atoms with E-state index in [4.69, 9.17) is 9.26 Å². The summed E-state index contributed by atoms with van der Waals surface area (Å²) in [6.45, 7) is 0.580. The molecule has 0 spiro atoms. The Bertz CT molecular complexity index is 815. The maximum atomic E-state index is 11.9. The van der Waals surface area contributed by atoms with Gasteiger partial charge in [0.25, 0.3) is 0 Å². The van der Waals surface area contributed by atoms with Crippen molar-refractivity contribution in [1.82, 2.24) is 15.5 Å². The van der Waals surface area contributed by atoms with Gasteiger partial charge in [-0.3, -0.25) is 4.79 Å². The number of hydrogen-bond donors (Lipinski definition) is 1. The second kappa shape index (κ2) is 8.43. The molecule has 0 atom stereocenters. The van der Waals surface area contributed by atoms with Gasteiger partial charge in [0.2, 0.25) is 17.6 Å². The van der Waals surface area contributed by atoms with Crippen molar-refractivity contribution in [1.29, 1.82) is 0 Å². The topological polar surface area (TPSA) is 77.2 Å². The molecule has 0 unspecified atom stereocenters. The number of amides is 1. The number of benzene rings is 1.